The molecule has 0 saturated carbocycles. The Kier molecular flexibility index (Phi) is 5.92. The molecule has 1 aromatic heterocycles. The van der Waals surface area contributed by atoms with E-state index in [0.29, 0.717) is 0 Å². The minimum atomic E-state index is 0. The average molecular weight is 737 g/mol. The molecule has 0 unspecified atom stereocenters. The van der Waals surface area contributed by atoms with E-state index in [-0.39, 0.29) is 27.9 Å². The maximum absolute atomic E-state index is 4.97. The molecule has 0 spiro atoms. The molecular formula is C35H22BN4PtS-3. The largest absolute Gasteiger partial charge is 0.510 e. The zero-order valence-electron chi connectivity index (χ0n) is 22.6. The normalized spacial score (nSPS) is 14.2. The molecule has 0 atom stereocenters. The van der Waals surface area contributed by atoms with Crippen LogP contribution in [-0.2, 0) is 21.1 Å². The number of nitrogens with zero attached hydrogens (tertiary/aromatic N) is 4. The van der Waals surface area contributed by atoms with E-state index in [1.165, 1.54) is 37.9 Å². The van der Waals surface area contributed by atoms with Crippen LogP contribution in [0, 0.1) is 18.8 Å². The smallest absolute Gasteiger partial charge is 0.324 e. The summed E-state index contributed by atoms with van der Waals surface area (Å²) in [7, 11) is 2.04. The van der Waals surface area contributed by atoms with E-state index in [2.05, 4.69) is 137 Å². The van der Waals surface area contributed by atoms with Gasteiger partial charge in [-0.3, -0.25) is 4.98 Å². The number of anilines is 3. The van der Waals surface area contributed by atoms with Crippen molar-refractivity contribution in [1.29, 1.82) is 0 Å². The number of hydrogen-bond acceptors (Lipinski definition) is 5. The molecule has 3 aliphatic heterocycles. The van der Waals surface area contributed by atoms with Gasteiger partial charge in [-0.2, -0.15) is 24.1 Å². The van der Waals surface area contributed by atoms with Crippen LogP contribution in [0.5, 0.6) is 0 Å². The quantitative estimate of drug-likeness (QED) is 0.144. The predicted octanol–water partition coefficient (Wildman–Crippen LogP) is 6.81. The summed E-state index contributed by atoms with van der Waals surface area (Å²) < 4.78 is 1.19. The van der Waals surface area contributed by atoms with Crippen LogP contribution in [0.15, 0.2) is 109 Å². The van der Waals surface area contributed by atoms with Gasteiger partial charge in [0.2, 0.25) is 0 Å². The Morgan fingerprint density at radius 2 is 1.38 bits per heavy atom. The van der Waals surface area contributed by atoms with Gasteiger partial charge in [0.15, 0.2) is 0 Å². The third-order valence-corrected chi connectivity index (χ3v) is 9.31. The second kappa shape index (κ2) is 9.72. The van der Waals surface area contributed by atoms with Gasteiger partial charge in [-0.1, -0.05) is 99.7 Å². The van der Waals surface area contributed by atoms with Crippen molar-refractivity contribution < 1.29 is 21.1 Å². The molecule has 5 aromatic carbocycles. The van der Waals surface area contributed by atoms with Crippen molar-refractivity contribution in [1.82, 2.24) is 9.88 Å². The van der Waals surface area contributed by atoms with Crippen LogP contribution in [0.1, 0.15) is 0 Å². The van der Waals surface area contributed by atoms with Gasteiger partial charge in [0.05, 0.1) is 5.52 Å². The van der Waals surface area contributed by atoms with Gasteiger partial charge in [0.1, 0.15) is 0 Å². The number of thiazole rings is 1. The molecule has 0 fully saturated rings. The summed E-state index contributed by atoms with van der Waals surface area (Å²) in [4.78, 5) is 11.6. The molecule has 4 heterocycles. The molecule has 0 amide bonds. The van der Waals surface area contributed by atoms with E-state index in [9.17, 15) is 0 Å². The van der Waals surface area contributed by atoms with Gasteiger partial charge in [-0.25, -0.2) is 0 Å². The van der Waals surface area contributed by atoms with Crippen LogP contribution in [-0.4, -0.2) is 23.8 Å². The minimum Gasteiger partial charge on any atom is -0.510 e. The van der Waals surface area contributed by atoms with E-state index in [1.54, 1.807) is 11.3 Å². The molecule has 9 rings (SSSR count). The van der Waals surface area contributed by atoms with Crippen molar-refractivity contribution in [3.63, 3.8) is 0 Å². The fraction of sp³-hybridized carbons (Fsp3) is 0.0286. The van der Waals surface area contributed by atoms with Crippen LogP contribution in [0.4, 0.5) is 17.1 Å². The summed E-state index contributed by atoms with van der Waals surface area (Å²) in [6, 6.07) is 42.5. The van der Waals surface area contributed by atoms with Crippen LogP contribution < -0.4 is 20.6 Å². The molecular weight excluding hydrogens is 714 g/mol. The van der Waals surface area contributed by atoms with Crippen molar-refractivity contribution in [2.45, 2.75) is 0 Å². The maximum atomic E-state index is 4.97. The summed E-state index contributed by atoms with van der Waals surface area (Å²) >= 11 is 1.72. The van der Waals surface area contributed by atoms with Crippen molar-refractivity contribution in [2.75, 3.05) is 16.8 Å². The first-order valence-corrected chi connectivity index (χ1v) is 14.5. The van der Waals surface area contributed by atoms with E-state index in [0.717, 1.165) is 33.1 Å². The third kappa shape index (κ3) is 3.75. The SMILES string of the molecule is CN1C=CN(c2[c-]c3c(cc2)-c2ccccc2B2c4ccccc4-c4ccc(-c5nc6ccccc6s5)[c-]c4N23)[CH-]1.[Pt]. The molecule has 0 aliphatic carbocycles. The third-order valence-electron chi connectivity index (χ3n) is 8.24. The Labute approximate surface area is 263 Å². The number of aromatic nitrogens is 1. The molecule has 42 heavy (non-hydrogen) atoms. The van der Waals surface area contributed by atoms with Gasteiger partial charge in [-0.05, 0) is 31.6 Å². The standard InChI is InChI=1S/C35H22BN4S.Pt/c1-38-18-19-39(22-38)24-15-17-28-26-9-3-5-11-30(26)36-29-10-4-2-8-25(29)27-16-14-23(20-32(27)40(36)33(28)21-24)35-37-31-12-6-7-13-34(31)41-35;/h2-19,22H,1H3;/q-3;. The van der Waals surface area contributed by atoms with Crippen LogP contribution in [0.3, 0.4) is 0 Å². The van der Waals surface area contributed by atoms with Crippen LogP contribution in [0.2, 0.25) is 0 Å². The van der Waals surface area contributed by atoms with E-state index in [4.69, 9.17) is 4.98 Å². The minimum absolute atomic E-state index is 0. The van der Waals surface area contributed by atoms with Crippen molar-refractivity contribution >= 4 is 56.4 Å². The molecule has 0 saturated heterocycles. The molecule has 0 bridgehead atoms. The summed E-state index contributed by atoms with van der Waals surface area (Å²) in [5.74, 6) is 0. The second-order valence-corrected chi connectivity index (χ2v) is 11.7. The van der Waals surface area contributed by atoms with Crippen LogP contribution >= 0.6 is 11.3 Å². The van der Waals surface area contributed by atoms with Crippen molar-refractivity contribution in [3.8, 4) is 32.8 Å². The monoisotopic (exact) mass is 736 g/mol. The Morgan fingerprint density at radius 3 is 2.10 bits per heavy atom. The number of rotatable bonds is 2. The number of para-hydroxylation sites is 1. The molecule has 0 N–H and O–H groups in total. The number of fused-ring (bicyclic) bond motifs is 12. The first-order chi connectivity index (χ1) is 20.2. The fourth-order valence-electron chi connectivity index (χ4n) is 6.40. The molecule has 3 aliphatic rings. The van der Waals surface area contributed by atoms with Gasteiger partial charge in [0, 0.05) is 30.8 Å². The molecule has 4 nitrogen and oxygen atoms in total. The van der Waals surface area contributed by atoms with Crippen molar-refractivity contribution in [3.05, 3.63) is 128 Å². The Balaban J connectivity index is 0.00000267. The molecule has 0 radical (unpaired) electrons. The number of benzene rings is 5. The first-order valence-electron chi connectivity index (χ1n) is 13.7. The van der Waals surface area contributed by atoms with Gasteiger partial charge >= 0.3 is 6.85 Å². The first kappa shape index (κ1) is 25.6. The fourth-order valence-corrected chi connectivity index (χ4v) is 7.35. The van der Waals surface area contributed by atoms with Gasteiger partial charge < -0.3 is 14.6 Å². The Bertz CT molecular complexity index is 2020. The zero-order chi connectivity index (χ0) is 27.1. The zero-order valence-corrected chi connectivity index (χ0v) is 25.6. The van der Waals surface area contributed by atoms with E-state index < -0.39 is 0 Å². The summed E-state index contributed by atoms with van der Waals surface area (Å²) in [5.41, 5.74) is 12.6. The predicted molar refractivity (Wildman–Crippen MR) is 171 cm³/mol. The Hall–Kier alpha value is -4.12. The summed E-state index contributed by atoms with van der Waals surface area (Å²) in [5, 5.41) is 0.986. The topological polar surface area (TPSA) is 22.6 Å². The number of hydrogen-bond donors (Lipinski definition) is 0. The van der Waals surface area contributed by atoms with E-state index in [1.807, 2.05) is 13.1 Å². The molecule has 204 valence electrons. The molecule has 7 heteroatoms. The second-order valence-electron chi connectivity index (χ2n) is 10.7. The Morgan fingerprint density at radius 1 is 0.714 bits per heavy atom. The van der Waals surface area contributed by atoms with Gasteiger partial charge in [0.25, 0.3) is 0 Å². The summed E-state index contributed by atoms with van der Waals surface area (Å²) in [6.07, 6.45) is 4.12. The van der Waals surface area contributed by atoms with Crippen LogP contribution in [0.25, 0.3) is 43.0 Å². The maximum Gasteiger partial charge on any atom is 0.324 e. The van der Waals surface area contributed by atoms with E-state index >= 15 is 0 Å². The summed E-state index contributed by atoms with van der Waals surface area (Å²) in [6.45, 7) is 2.08. The van der Waals surface area contributed by atoms with Crippen molar-refractivity contribution in [2.24, 2.45) is 0 Å². The van der Waals surface area contributed by atoms with Gasteiger partial charge in [-0.15, -0.1) is 47.1 Å². The average Bonchev–Trinajstić information content (AvgIpc) is 3.67. The molecule has 6 aromatic rings.